The Morgan fingerprint density at radius 2 is 1.73 bits per heavy atom. The van der Waals surface area contributed by atoms with Crippen molar-refractivity contribution >= 4 is 34.8 Å². The maximum absolute atomic E-state index is 13.4. The zero-order valence-electron chi connectivity index (χ0n) is 20.8. The molecule has 0 bridgehead atoms. The van der Waals surface area contributed by atoms with E-state index >= 15 is 0 Å². The molecule has 1 aliphatic rings. The molecule has 0 aliphatic carbocycles. The Kier molecular flexibility index (Phi) is 7.90. The molecule has 0 saturated carbocycles. The van der Waals surface area contributed by atoms with Crippen LogP contribution in [0.5, 0.6) is 0 Å². The Bertz CT molecular complexity index is 1400. The number of aryl methyl sites for hydroxylation is 1. The lowest BCUT2D eigenvalue weighted by molar-refractivity contribution is -0.107. The normalized spacial score (nSPS) is 14.1. The monoisotopic (exact) mass is 511 g/mol. The van der Waals surface area contributed by atoms with Crippen LogP contribution in [0.15, 0.2) is 72.8 Å². The van der Waals surface area contributed by atoms with Gasteiger partial charge < -0.3 is 9.69 Å². The number of fused-ring (bicyclic) bond motifs is 1. The number of piperidine rings is 1. The molecule has 1 amide bonds. The number of benzene rings is 3. The lowest BCUT2D eigenvalue weighted by Crippen LogP contribution is -2.37. The van der Waals surface area contributed by atoms with Crippen molar-refractivity contribution in [1.29, 1.82) is 0 Å². The average molecular weight is 512 g/mol. The van der Waals surface area contributed by atoms with Crippen LogP contribution in [0, 0.1) is 0 Å². The summed E-state index contributed by atoms with van der Waals surface area (Å²) in [5.74, 6) is 0.543. The summed E-state index contributed by atoms with van der Waals surface area (Å²) in [7, 11) is 0. The third-order valence-corrected chi connectivity index (χ3v) is 7.36. The SMILES string of the molecule is O=CCCCCc1nc2cc(C(=O)N3CCC(c4ccccc4)CC3)ccc2nc1-c1cccc(Cl)c1. The summed E-state index contributed by atoms with van der Waals surface area (Å²) >= 11 is 6.25. The van der Waals surface area contributed by atoms with Crippen molar-refractivity contribution in [3.8, 4) is 11.3 Å². The molecule has 0 atom stereocenters. The Morgan fingerprint density at radius 1 is 0.919 bits per heavy atom. The van der Waals surface area contributed by atoms with Crippen LogP contribution in [-0.4, -0.2) is 40.2 Å². The van der Waals surface area contributed by atoms with Gasteiger partial charge in [0.1, 0.15) is 6.29 Å². The average Bonchev–Trinajstić information content (AvgIpc) is 2.95. The summed E-state index contributed by atoms with van der Waals surface area (Å²) in [6.07, 6.45) is 5.76. The largest absolute Gasteiger partial charge is 0.339 e. The maximum Gasteiger partial charge on any atom is 0.253 e. The van der Waals surface area contributed by atoms with Gasteiger partial charge in [-0.1, -0.05) is 54.1 Å². The number of rotatable bonds is 8. The number of hydrogen-bond acceptors (Lipinski definition) is 4. The molecule has 5 rings (SSSR count). The van der Waals surface area contributed by atoms with E-state index in [1.165, 1.54) is 5.56 Å². The Hall–Kier alpha value is -3.57. The van der Waals surface area contributed by atoms with Gasteiger partial charge in [0.15, 0.2) is 0 Å². The first-order valence-electron chi connectivity index (χ1n) is 13.0. The van der Waals surface area contributed by atoms with E-state index in [9.17, 15) is 9.59 Å². The van der Waals surface area contributed by atoms with Crippen molar-refractivity contribution in [2.45, 2.75) is 44.4 Å². The molecule has 37 heavy (non-hydrogen) atoms. The summed E-state index contributed by atoms with van der Waals surface area (Å²) in [5, 5.41) is 0.642. The summed E-state index contributed by atoms with van der Waals surface area (Å²) in [4.78, 5) is 36.0. The molecule has 1 fully saturated rings. The highest BCUT2D eigenvalue weighted by Gasteiger charge is 2.25. The van der Waals surface area contributed by atoms with Crippen LogP contribution >= 0.6 is 11.6 Å². The van der Waals surface area contributed by atoms with Gasteiger partial charge in [-0.3, -0.25) is 4.79 Å². The van der Waals surface area contributed by atoms with Crippen LogP contribution in [0.2, 0.25) is 5.02 Å². The van der Waals surface area contributed by atoms with Crippen LogP contribution in [0.3, 0.4) is 0 Å². The fourth-order valence-electron chi connectivity index (χ4n) is 5.11. The lowest BCUT2D eigenvalue weighted by Gasteiger charge is -2.32. The molecule has 0 N–H and O–H groups in total. The van der Waals surface area contributed by atoms with Crippen molar-refractivity contribution in [1.82, 2.24) is 14.9 Å². The molecular formula is C31H30ClN3O2. The lowest BCUT2D eigenvalue weighted by atomic mass is 9.89. The topological polar surface area (TPSA) is 63.2 Å². The first kappa shape index (κ1) is 25.1. The molecular weight excluding hydrogens is 482 g/mol. The molecule has 188 valence electrons. The Labute approximate surface area is 222 Å². The Morgan fingerprint density at radius 3 is 2.49 bits per heavy atom. The third kappa shape index (κ3) is 5.89. The van der Waals surface area contributed by atoms with Crippen LogP contribution in [0.1, 0.15) is 59.6 Å². The quantitative estimate of drug-likeness (QED) is 0.191. The fraction of sp³-hybridized carbons (Fsp3) is 0.290. The van der Waals surface area contributed by atoms with Crippen molar-refractivity contribution in [2.75, 3.05) is 13.1 Å². The minimum Gasteiger partial charge on any atom is -0.339 e. The molecule has 1 aromatic heterocycles. The first-order valence-corrected chi connectivity index (χ1v) is 13.3. The van der Waals surface area contributed by atoms with E-state index in [1.54, 1.807) is 0 Å². The molecule has 0 spiro atoms. The summed E-state index contributed by atoms with van der Waals surface area (Å²) in [6, 6.07) is 23.8. The highest BCUT2D eigenvalue weighted by molar-refractivity contribution is 6.30. The number of amides is 1. The molecule has 3 aromatic carbocycles. The van der Waals surface area contributed by atoms with E-state index < -0.39 is 0 Å². The van der Waals surface area contributed by atoms with Crippen LogP contribution in [-0.2, 0) is 11.2 Å². The second-order valence-corrected chi connectivity index (χ2v) is 10.1. The third-order valence-electron chi connectivity index (χ3n) is 7.12. The molecule has 0 radical (unpaired) electrons. The van der Waals surface area contributed by atoms with Gasteiger partial charge in [0.25, 0.3) is 5.91 Å². The number of unbranched alkanes of at least 4 members (excludes halogenated alkanes) is 2. The number of aromatic nitrogens is 2. The van der Waals surface area contributed by atoms with Gasteiger partial charge in [-0.25, -0.2) is 9.97 Å². The number of aldehydes is 1. The number of nitrogens with zero attached hydrogens (tertiary/aromatic N) is 3. The predicted octanol–water partition coefficient (Wildman–Crippen LogP) is 6.88. The van der Waals surface area contributed by atoms with Crippen molar-refractivity contribution < 1.29 is 9.59 Å². The van der Waals surface area contributed by atoms with Crippen molar-refractivity contribution in [3.05, 3.63) is 94.6 Å². The first-order chi connectivity index (χ1) is 18.1. The van der Waals surface area contributed by atoms with Crippen molar-refractivity contribution in [2.24, 2.45) is 0 Å². The smallest absolute Gasteiger partial charge is 0.253 e. The molecule has 1 saturated heterocycles. The molecule has 0 unspecified atom stereocenters. The highest BCUT2D eigenvalue weighted by Crippen LogP contribution is 2.30. The van der Waals surface area contributed by atoms with Crippen molar-refractivity contribution in [3.63, 3.8) is 0 Å². The second-order valence-electron chi connectivity index (χ2n) is 9.62. The van der Waals surface area contributed by atoms with Crippen LogP contribution < -0.4 is 0 Å². The zero-order valence-corrected chi connectivity index (χ0v) is 21.5. The number of likely N-dealkylation sites (tertiary alicyclic amines) is 1. The van der Waals surface area contributed by atoms with Gasteiger partial charge in [-0.05, 0) is 73.9 Å². The number of carbonyl (C=O) groups excluding carboxylic acids is 2. The maximum atomic E-state index is 13.4. The molecule has 5 nitrogen and oxygen atoms in total. The van der Waals surface area contributed by atoms with Crippen LogP contribution in [0.25, 0.3) is 22.3 Å². The number of carbonyl (C=O) groups is 2. The summed E-state index contributed by atoms with van der Waals surface area (Å²) in [5.41, 5.74) is 6.01. The molecule has 4 aromatic rings. The van der Waals surface area contributed by atoms with E-state index in [4.69, 9.17) is 21.6 Å². The van der Waals surface area contributed by atoms with Crippen LogP contribution in [0.4, 0.5) is 0 Å². The van der Waals surface area contributed by atoms with E-state index in [0.717, 1.165) is 67.5 Å². The standard InChI is InChI=1S/C31H30ClN3O2/c32-26-11-7-10-24(20-26)30-28(12-5-2-6-19-36)33-29-21-25(13-14-27(29)34-30)31(37)35-17-15-23(16-18-35)22-8-3-1-4-9-22/h1,3-4,7-11,13-14,19-21,23H,2,5-6,12,15-18H2. The van der Waals surface area contributed by atoms with Gasteiger partial charge in [-0.15, -0.1) is 0 Å². The molecule has 2 heterocycles. The Balaban J connectivity index is 1.38. The zero-order chi connectivity index (χ0) is 25.6. The van der Waals surface area contributed by atoms with Gasteiger partial charge in [0.05, 0.1) is 22.4 Å². The molecule has 6 heteroatoms. The highest BCUT2D eigenvalue weighted by atomic mass is 35.5. The second kappa shape index (κ2) is 11.7. The predicted molar refractivity (Wildman–Crippen MR) is 148 cm³/mol. The van der Waals surface area contributed by atoms with Gasteiger partial charge >= 0.3 is 0 Å². The van der Waals surface area contributed by atoms with Gasteiger partial charge in [-0.2, -0.15) is 0 Å². The van der Waals surface area contributed by atoms with E-state index in [-0.39, 0.29) is 5.91 Å². The van der Waals surface area contributed by atoms with E-state index in [1.807, 2.05) is 53.4 Å². The van der Waals surface area contributed by atoms with E-state index in [0.29, 0.717) is 34.9 Å². The number of hydrogen-bond donors (Lipinski definition) is 0. The summed E-state index contributed by atoms with van der Waals surface area (Å²) in [6.45, 7) is 1.50. The van der Waals surface area contributed by atoms with E-state index in [2.05, 4.69) is 24.3 Å². The summed E-state index contributed by atoms with van der Waals surface area (Å²) < 4.78 is 0. The van der Waals surface area contributed by atoms with Gasteiger partial charge in [0.2, 0.25) is 0 Å². The minimum atomic E-state index is 0.0432. The molecule has 1 aliphatic heterocycles. The fourth-order valence-corrected chi connectivity index (χ4v) is 5.30. The minimum absolute atomic E-state index is 0.0432. The van der Waals surface area contributed by atoms with Gasteiger partial charge in [0, 0.05) is 35.7 Å². The number of halogens is 1.